The summed E-state index contributed by atoms with van der Waals surface area (Å²) in [6, 6.07) is 13.0. The number of carbonyl (C=O) groups excluding carboxylic acids is 1. The lowest BCUT2D eigenvalue weighted by atomic mass is 10.2. The highest BCUT2D eigenvalue weighted by molar-refractivity contribution is 7.21. The zero-order chi connectivity index (χ0) is 18.5. The van der Waals surface area contributed by atoms with Crippen LogP contribution in [-0.2, 0) is 0 Å². The highest BCUT2D eigenvalue weighted by atomic mass is 35.5. The van der Waals surface area contributed by atoms with Crippen LogP contribution in [-0.4, -0.2) is 25.8 Å². The molecule has 7 heteroatoms. The number of hydrazone groups is 1. The van der Waals surface area contributed by atoms with Crippen molar-refractivity contribution < 1.29 is 14.3 Å². The average molecular weight is 389 g/mol. The van der Waals surface area contributed by atoms with Gasteiger partial charge in [-0.05, 0) is 36.8 Å². The molecule has 0 atom stereocenters. The van der Waals surface area contributed by atoms with Crippen molar-refractivity contribution in [1.29, 1.82) is 0 Å². The molecular formula is C19H17ClN2O3S. The summed E-state index contributed by atoms with van der Waals surface area (Å²) in [5, 5.41) is 5.32. The van der Waals surface area contributed by atoms with E-state index in [0.29, 0.717) is 28.0 Å². The Balaban J connectivity index is 1.73. The third-order valence-corrected chi connectivity index (χ3v) is 5.28. The van der Waals surface area contributed by atoms with Gasteiger partial charge in [-0.1, -0.05) is 29.8 Å². The van der Waals surface area contributed by atoms with Crippen LogP contribution in [0.3, 0.4) is 0 Å². The molecule has 0 saturated carbocycles. The van der Waals surface area contributed by atoms with E-state index in [1.807, 2.05) is 37.3 Å². The molecule has 3 rings (SSSR count). The van der Waals surface area contributed by atoms with Gasteiger partial charge in [-0.3, -0.25) is 4.79 Å². The summed E-state index contributed by atoms with van der Waals surface area (Å²) in [7, 11) is 1.57. The number of fused-ring (bicyclic) bond motifs is 1. The van der Waals surface area contributed by atoms with Crippen LogP contribution in [0.25, 0.3) is 10.1 Å². The number of nitrogens with zero attached hydrogens (tertiary/aromatic N) is 1. The predicted molar refractivity (Wildman–Crippen MR) is 106 cm³/mol. The Hall–Kier alpha value is -2.57. The molecule has 0 saturated heterocycles. The highest BCUT2D eigenvalue weighted by Crippen LogP contribution is 2.35. The molecule has 134 valence electrons. The smallest absolute Gasteiger partial charge is 0.283 e. The first-order chi connectivity index (χ1) is 12.6. The van der Waals surface area contributed by atoms with Gasteiger partial charge in [0, 0.05) is 10.1 Å². The molecule has 0 unspecified atom stereocenters. The van der Waals surface area contributed by atoms with E-state index in [-0.39, 0.29) is 5.91 Å². The van der Waals surface area contributed by atoms with Gasteiger partial charge in [0.2, 0.25) is 0 Å². The third kappa shape index (κ3) is 3.81. The summed E-state index contributed by atoms with van der Waals surface area (Å²) in [5.41, 5.74) is 3.28. The minimum atomic E-state index is -0.342. The van der Waals surface area contributed by atoms with Crippen LogP contribution < -0.4 is 14.9 Å². The Morgan fingerprint density at radius 1 is 1.27 bits per heavy atom. The van der Waals surface area contributed by atoms with Crippen molar-refractivity contribution in [2.24, 2.45) is 5.10 Å². The number of amides is 1. The Labute approximate surface area is 160 Å². The van der Waals surface area contributed by atoms with Crippen molar-refractivity contribution in [3.63, 3.8) is 0 Å². The largest absolute Gasteiger partial charge is 0.493 e. The number of ether oxygens (including phenoxy) is 2. The van der Waals surface area contributed by atoms with Crippen LogP contribution in [0.4, 0.5) is 0 Å². The molecule has 5 nitrogen and oxygen atoms in total. The summed E-state index contributed by atoms with van der Waals surface area (Å²) in [4.78, 5) is 12.8. The number of hydrogen-bond donors (Lipinski definition) is 1. The Morgan fingerprint density at radius 3 is 2.81 bits per heavy atom. The fourth-order valence-corrected chi connectivity index (χ4v) is 3.82. The maximum absolute atomic E-state index is 12.3. The summed E-state index contributed by atoms with van der Waals surface area (Å²) in [6.07, 6.45) is 1.54. The molecule has 1 amide bonds. The topological polar surface area (TPSA) is 59.9 Å². The first kappa shape index (κ1) is 18.2. The van der Waals surface area contributed by atoms with Gasteiger partial charge in [-0.15, -0.1) is 11.3 Å². The molecule has 0 spiro atoms. The number of methoxy groups -OCH3 is 1. The van der Waals surface area contributed by atoms with Gasteiger partial charge in [-0.2, -0.15) is 5.10 Å². The van der Waals surface area contributed by atoms with Crippen LogP contribution in [0, 0.1) is 0 Å². The van der Waals surface area contributed by atoms with Crippen molar-refractivity contribution in [2.45, 2.75) is 6.92 Å². The van der Waals surface area contributed by atoms with Crippen LogP contribution in [0.1, 0.15) is 22.2 Å². The van der Waals surface area contributed by atoms with Crippen molar-refractivity contribution in [3.8, 4) is 11.5 Å². The normalized spacial score (nSPS) is 11.0. The summed E-state index contributed by atoms with van der Waals surface area (Å²) < 4.78 is 11.7. The van der Waals surface area contributed by atoms with Crippen LogP contribution in [0.2, 0.25) is 5.02 Å². The molecule has 1 heterocycles. The molecule has 0 aliphatic heterocycles. The minimum Gasteiger partial charge on any atom is -0.493 e. The third-order valence-electron chi connectivity index (χ3n) is 3.61. The van der Waals surface area contributed by atoms with Crippen molar-refractivity contribution >= 4 is 45.1 Å². The number of thiophene rings is 1. The Bertz CT molecular complexity index is 969. The molecule has 1 aromatic heterocycles. The van der Waals surface area contributed by atoms with Crippen molar-refractivity contribution in [2.75, 3.05) is 13.7 Å². The molecule has 1 N–H and O–H groups in total. The maximum Gasteiger partial charge on any atom is 0.283 e. The molecule has 26 heavy (non-hydrogen) atoms. The van der Waals surface area contributed by atoms with Gasteiger partial charge in [0.15, 0.2) is 11.5 Å². The molecule has 0 radical (unpaired) electrons. The van der Waals surface area contributed by atoms with Gasteiger partial charge in [-0.25, -0.2) is 5.43 Å². The minimum absolute atomic E-state index is 0.342. The van der Waals surface area contributed by atoms with E-state index >= 15 is 0 Å². The molecule has 2 aromatic carbocycles. The second-order valence-electron chi connectivity index (χ2n) is 5.28. The second-order valence-corrected chi connectivity index (χ2v) is 6.71. The Kier molecular flexibility index (Phi) is 5.75. The lowest BCUT2D eigenvalue weighted by molar-refractivity contribution is 0.0959. The van der Waals surface area contributed by atoms with E-state index in [9.17, 15) is 4.79 Å². The molecular weight excluding hydrogens is 372 g/mol. The SMILES string of the molecule is CCOc1ccc(/C=N/NC(=O)c2sc3ccccc3c2Cl)cc1OC. The lowest BCUT2D eigenvalue weighted by Gasteiger charge is -2.09. The summed E-state index contributed by atoms with van der Waals surface area (Å²) >= 11 is 7.64. The standard InChI is InChI=1S/C19H17ClN2O3S/c1-3-25-14-9-8-12(10-15(14)24-2)11-21-22-19(23)18-17(20)13-6-4-5-7-16(13)26-18/h4-11H,3H2,1-2H3,(H,22,23)/b21-11+. The van der Waals surface area contributed by atoms with E-state index in [1.54, 1.807) is 19.2 Å². The van der Waals surface area contributed by atoms with Crippen LogP contribution >= 0.6 is 22.9 Å². The zero-order valence-electron chi connectivity index (χ0n) is 14.3. The van der Waals surface area contributed by atoms with Crippen molar-refractivity contribution in [1.82, 2.24) is 5.43 Å². The first-order valence-corrected chi connectivity index (χ1v) is 9.14. The Morgan fingerprint density at radius 2 is 2.08 bits per heavy atom. The van der Waals surface area contributed by atoms with E-state index in [1.165, 1.54) is 17.6 Å². The first-order valence-electron chi connectivity index (χ1n) is 7.95. The quantitative estimate of drug-likeness (QED) is 0.490. The molecule has 0 fully saturated rings. The summed E-state index contributed by atoms with van der Waals surface area (Å²) in [6.45, 7) is 2.46. The second kappa shape index (κ2) is 8.21. The average Bonchev–Trinajstić information content (AvgIpc) is 3.00. The predicted octanol–water partition coefficient (Wildman–Crippen LogP) is 4.73. The molecule has 0 aliphatic rings. The number of halogens is 1. The molecule has 0 bridgehead atoms. The van der Waals surface area contributed by atoms with Crippen LogP contribution in [0.15, 0.2) is 47.6 Å². The number of carbonyl (C=O) groups is 1. The fourth-order valence-electron chi connectivity index (χ4n) is 2.42. The van der Waals surface area contributed by atoms with Gasteiger partial charge in [0.05, 0.1) is 25.0 Å². The number of rotatable bonds is 6. The van der Waals surface area contributed by atoms with Gasteiger partial charge in [0.25, 0.3) is 5.91 Å². The zero-order valence-corrected chi connectivity index (χ0v) is 15.9. The van der Waals surface area contributed by atoms with Crippen LogP contribution in [0.5, 0.6) is 11.5 Å². The fraction of sp³-hybridized carbons (Fsp3) is 0.158. The van der Waals surface area contributed by atoms with Gasteiger partial charge < -0.3 is 9.47 Å². The summed E-state index contributed by atoms with van der Waals surface area (Å²) in [5.74, 6) is 0.924. The number of nitrogens with one attached hydrogen (secondary N) is 1. The van der Waals surface area contributed by atoms with E-state index in [2.05, 4.69) is 10.5 Å². The van der Waals surface area contributed by atoms with Gasteiger partial charge >= 0.3 is 0 Å². The molecule has 3 aromatic rings. The molecule has 0 aliphatic carbocycles. The maximum atomic E-state index is 12.3. The number of benzene rings is 2. The van der Waals surface area contributed by atoms with Crippen molar-refractivity contribution in [3.05, 3.63) is 57.9 Å². The van der Waals surface area contributed by atoms with E-state index < -0.39 is 0 Å². The lowest BCUT2D eigenvalue weighted by Crippen LogP contribution is -2.16. The van der Waals surface area contributed by atoms with E-state index in [4.69, 9.17) is 21.1 Å². The highest BCUT2D eigenvalue weighted by Gasteiger charge is 2.16. The van der Waals surface area contributed by atoms with E-state index in [0.717, 1.165) is 15.6 Å². The number of hydrogen-bond acceptors (Lipinski definition) is 5. The monoisotopic (exact) mass is 388 g/mol. The van der Waals surface area contributed by atoms with Gasteiger partial charge in [0.1, 0.15) is 4.88 Å².